The number of hydrogen-bond acceptors (Lipinski definition) is 7. The molecule has 3 heterocycles. The maximum Gasteiger partial charge on any atom is 0.222 e. The minimum Gasteiger partial charge on any atom is -0.376 e. The molecule has 1 aromatic heterocycles. The maximum absolute atomic E-state index is 13.7. The molecule has 0 radical (unpaired) electrons. The molecule has 3 fully saturated rings. The first-order valence-corrected chi connectivity index (χ1v) is 12.6. The molecule has 2 aliphatic heterocycles. The fourth-order valence-electron chi connectivity index (χ4n) is 5.42. The summed E-state index contributed by atoms with van der Waals surface area (Å²) in [5.41, 5.74) is 0.627. The Morgan fingerprint density at radius 2 is 1.94 bits per heavy atom. The van der Waals surface area contributed by atoms with Gasteiger partial charge in [0.2, 0.25) is 5.91 Å². The van der Waals surface area contributed by atoms with Crippen LogP contribution in [0.2, 0.25) is 0 Å². The number of rotatable bonds is 7. The standard InChI is InChI=1S/C25H35FN4O4/c26-19-3-6-23-22(15-19)25(28-34-23)30-11-9-29(10-12-30)8-7-18-1-4-20(5-2-18)27-24(31)16-21-17-32-13-14-33-21/h3,6,15,18,20-21H,1-2,4-5,7-14,16-17H2,(H,27,31). The molecule has 1 aromatic carbocycles. The van der Waals surface area contributed by atoms with Gasteiger partial charge in [-0.05, 0) is 62.8 Å². The van der Waals surface area contributed by atoms with Gasteiger partial charge in [0.05, 0.1) is 37.7 Å². The molecule has 1 unspecified atom stereocenters. The average Bonchev–Trinajstić information content (AvgIpc) is 3.27. The smallest absolute Gasteiger partial charge is 0.222 e. The molecule has 8 nitrogen and oxygen atoms in total. The highest BCUT2D eigenvalue weighted by Crippen LogP contribution is 2.29. The van der Waals surface area contributed by atoms with Crippen LogP contribution in [0.4, 0.5) is 10.2 Å². The van der Waals surface area contributed by atoms with Crippen LogP contribution < -0.4 is 10.2 Å². The van der Waals surface area contributed by atoms with Crippen LogP contribution in [-0.4, -0.2) is 80.7 Å². The van der Waals surface area contributed by atoms with Crippen LogP contribution in [0.5, 0.6) is 0 Å². The van der Waals surface area contributed by atoms with E-state index in [4.69, 9.17) is 14.0 Å². The molecule has 2 saturated heterocycles. The Kier molecular flexibility index (Phi) is 7.61. The molecule has 5 rings (SSSR count). The lowest BCUT2D eigenvalue weighted by Crippen LogP contribution is -2.47. The number of anilines is 1. The van der Waals surface area contributed by atoms with Crippen LogP contribution in [0.3, 0.4) is 0 Å². The van der Waals surface area contributed by atoms with Gasteiger partial charge in [0.25, 0.3) is 0 Å². The molecule has 1 amide bonds. The van der Waals surface area contributed by atoms with Crippen LogP contribution in [-0.2, 0) is 14.3 Å². The summed E-state index contributed by atoms with van der Waals surface area (Å²) >= 11 is 0. The van der Waals surface area contributed by atoms with Crippen molar-refractivity contribution in [2.75, 3.05) is 57.4 Å². The molecular formula is C25H35FN4O4. The molecule has 3 aliphatic rings. The Morgan fingerprint density at radius 1 is 1.12 bits per heavy atom. The van der Waals surface area contributed by atoms with Gasteiger partial charge in [-0.2, -0.15) is 0 Å². The second kappa shape index (κ2) is 11.0. The van der Waals surface area contributed by atoms with E-state index in [1.807, 2.05) is 0 Å². The van der Waals surface area contributed by atoms with E-state index in [2.05, 4.69) is 20.3 Å². The van der Waals surface area contributed by atoms with Crippen molar-refractivity contribution in [1.82, 2.24) is 15.4 Å². The first kappa shape index (κ1) is 23.5. The van der Waals surface area contributed by atoms with Crippen LogP contribution in [0.1, 0.15) is 38.5 Å². The Bertz CT molecular complexity index is 948. The number of nitrogens with one attached hydrogen (secondary N) is 1. The highest BCUT2D eigenvalue weighted by atomic mass is 19.1. The monoisotopic (exact) mass is 474 g/mol. The third kappa shape index (κ3) is 5.87. The third-order valence-corrected chi connectivity index (χ3v) is 7.45. The van der Waals surface area contributed by atoms with Crippen molar-refractivity contribution in [3.63, 3.8) is 0 Å². The van der Waals surface area contributed by atoms with E-state index < -0.39 is 0 Å². The SMILES string of the molecule is O=C(CC1COCCO1)NC1CCC(CCN2CCN(c3noc4ccc(F)cc34)CC2)CC1. The van der Waals surface area contributed by atoms with Gasteiger partial charge in [-0.1, -0.05) is 5.16 Å². The van der Waals surface area contributed by atoms with E-state index in [-0.39, 0.29) is 17.8 Å². The second-order valence-corrected chi connectivity index (χ2v) is 9.82. The Morgan fingerprint density at radius 3 is 2.71 bits per heavy atom. The topological polar surface area (TPSA) is 80.1 Å². The molecule has 0 bridgehead atoms. The van der Waals surface area contributed by atoms with Crippen LogP contribution in [0.15, 0.2) is 22.7 Å². The molecule has 1 saturated carbocycles. The predicted octanol–water partition coefficient (Wildman–Crippen LogP) is 2.96. The van der Waals surface area contributed by atoms with Gasteiger partial charge in [0, 0.05) is 32.2 Å². The van der Waals surface area contributed by atoms with E-state index in [9.17, 15) is 9.18 Å². The zero-order chi connectivity index (χ0) is 23.3. The first-order chi connectivity index (χ1) is 16.6. The van der Waals surface area contributed by atoms with E-state index in [0.29, 0.717) is 37.9 Å². The lowest BCUT2D eigenvalue weighted by atomic mass is 9.84. The molecule has 0 spiro atoms. The molecule has 34 heavy (non-hydrogen) atoms. The zero-order valence-corrected chi connectivity index (χ0v) is 19.7. The number of carbonyl (C=O) groups is 1. The Hall–Kier alpha value is -2.23. The van der Waals surface area contributed by atoms with Crippen molar-refractivity contribution in [2.45, 2.75) is 50.7 Å². The van der Waals surface area contributed by atoms with Crippen molar-refractivity contribution in [3.8, 4) is 0 Å². The maximum atomic E-state index is 13.7. The summed E-state index contributed by atoms with van der Waals surface area (Å²) in [6.07, 6.45) is 5.95. The Balaban J connectivity index is 0.996. The quantitative estimate of drug-likeness (QED) is 0.661. The number of carbonyl (C=O) groups excluding carboxylic acids is 1. The van der Waals surface area contributed by atoms with Gasteiger partial charge >= 0.3 is 0 Å². The number of aromatic nitrogens is 1. The fraction of sp³-hybridized carbons (Fsp3) is 0.680. The van der Waals surface area contributed by atoms with Crippen LogP contribution in [0, 0.1) is 11.7 Å². The summed E-state index contributed by atoms with van der Waals surface area (Å²) in [6.45, 7) is 6.50. The highest BCUT2D eigenvalue weighted by molar-refractivity contribution is 5.88. The van der Waals surface area contributed by atoms with E-state index in [0.717, 1.165) is 62.7 Å². The molecule has 1 aliphatic carbocycles. The van der Waals surface area contributed by atoms with Gasteiger partial charge < -0.3 is 24.2 Å². The minimum absolute atomic E-state index is 0.0828. The van der Waals surface area contributed by atoms with Gasteiger partial charge in [-0.15, -0.1) is 0 Å². The molecule has 2 aromatic rings. The summed E-state index contributed by atoms with van der Waals surface area (Å²) in [5.74, 6) is 1.29. The van der Waals surface area contributed by atoms with Crippen LogP contribution >= 0.6 is 0 Å². The summed E-state index contributed by atoms with van der Waals surface area (Å²) < 4.78 is 30.0. The summed E-state index contributed by atoms with van der Waals surface area (Å²) in [5, 5.41) is 8.13. The van der Waals surface area contributed by atoms with Crippen molar-refractivity contribution in [3.05, 3.63) is 24.0 Å². The number of hydrogen-bond donors (Lipinski definition) is 1. The van der Waals surface area contributed by atoms with E-state index >= 15 is 0 Å². The van der Waals surface area contributed by atoms with Crippen molar-refractivity contribution >= 4 is 22.7 Å². The first-order valence-electron chi connectivity index (χ1n) is 12.6. The van der Waals surface area contributed by atoms with Crippen molar-refractivity contribution in [1.29, 1.82) is 0 Å². The van der Waals surface area contributed by atoms with Gasteiger partial charge in [-0.3, -0.25) is 9.69 Å². The van der Waals surface area contributed by atoms with E-state index in [1.165, 1.54) is 31.4 Å². The molecule has 9 heteroatoms. The number of nitrogens with zero attached hydrogens (tertiary/aromatic N) is 3. The summed E-state index contributed by atoms with van der Waals surface area (Å²) in [6, 6.07) is 4.83. The number of piperazine rings is 1. The number of fused-ring (bicyclic) bond motifs is 1. The van der Waals surface area contributed by atoms with Crippen LogP contribution in [0.25, 0.3) is 11.0 Å². The summed E-state index contributed by atoms with van der Waals surface area (Å²) in [4.78, 5) is 17.0. The summed E-state index contributed by atoms with van der Waals surface area (Å²) in [7, 11) is 0. The lowest BCUT2D eigenvalue weighted by molar-refractivity contribution is -0.132. The van der Waals surface area contributed by atoms with Gasteiger partial charge in [-0.25, -0.2) is 4.39 Å². The third-order valence-electron chi connectivity index (χ3n) is 7.45. The largest absolute Gasteiger partial charge is 0.376 e. The van der Waals surface area contributed by atoms with E-state index in [1.54, 1.807) is 6.07 Å². The molecule has 1 atom stereocenters. The van der Waals surface area contributed by atoms with Crippen molar-refractivity contribution in [2.24, 2.45) is 5.92 Å². The average molecular weight is 475 g/mol. The molecule has 186 valence electrons. The Labute approximate surface area is 199 Å². The predicted molar refractivity (Wildman–Crippen MR) is 126 cm³/mol. The number of halogens is 1. The van der Waals surface area contributed by atoms with Crippen molar-refractivity contribution < 1.29 is 23.2 Å². The molecular weight excluding hydrogens is 439 g/mol. The molecule has 1 N–H and O–H groups in total. The normalized spacial score (nSPS) is 26.6. The minimum atomic E-state index is -0.266. The number of amides is 1. The number of ether oxygens (including phenoxy) is 2. The zero-order valence-electron chi connectivity index (χ0n) is 19.7. The van der Waals surface area contributed by atoms with Gasteiger partial charge in [0.15, 0.2) is 11.4 Å². The number of benzene rings is 1. The fourth-order valence-corrected chi connectivity index (χ4v) is 5.42. The lowest BCUT2D eigenvalue weighted by Gasteiger charge is -2.36. The van der Waals surface area contributed by atoms with Gasteiger partial charge in [0.1, 0.15) is 5.82 Å². The second-order valence-electron chi connectivity index (χ2n) is 9.82. The highest BCUT2D eigenvalue weighted by Gasteiger charge is 2.26.